The van der Waals surface area contributed by atoms with Crippen molar-refractivity contribution in [3.8, 4) is 0 Å². The monoisotopic (exact) mass is 278 g/mol. The quantitative estimate of drug-likeness (QED) is 0.375. The molecule has 0 aliphatic rings. The van der Waals surface area contributed by atoms with E-state index in [9.17, 15) is 4.57 Å². The van der Waals surface area contributed by atoms with E-state index in [2.05, 4.69) is 6.92 Å². The minimum absolute atomic E-state index is 0.00562. The largest absolute Gasteiger partial charge is 0.331 e. The van der Waals surface area contributed by atoms with Crippen LogP contribution in [-0.4, -0.2) is 18.4 Å². The van der Waals surface area contributed by atoms with E-state index in [0.29, 0.717) is 6.16 Å². The molecule has 0 aromatic rings. The van der Waals surface area contributed by atoms with Crippen LogP contribution in [-0.2, 0) is 13.6 Å². The average molecular weight is 278 g/mol. The maximum Gasteiger partial charge on any atom is 0.331 e. The Labute approximate surface area is 113 Å². The summed E-state index contributed by atoms with van der Waals surface area (Å²) in [7, 11) is -2.90. The molecule has 3 nitrogen and oxygen atoms in total. The Kier molecular flexibility index (Phi) is 10.1. The van der Waals surface area contributed by atoms with E-state index in [4.69, 9.17) is 9.05 Å². The molecule has 0 amide bonds. The molecule has 0 fully saturated rings. The maximum atomic E-state index is 12.7. The highest BCUT2D eigenvalue weighted by Crippen LogP contribution is 2.51. The molecule has 2 atom stereocenters. The van der Waals surface area contributed by atoms with E-state index in [1.807, 2.05) is 27.7 Å². The van der Waals surface area contributed by atoms with Gasteiger partial charge in [0.1, 0.15) is 0 Å². The van der Waals surface area contributed by atoms with E-state index >= 15 is 0 Å². The first-order valence-electron chi connectivity index (χ1n) is 7.43. The summed E-state index contributed by atoms with van der Waals surface area (Å²) >= 11 is 0. The highest BCUT2D eigenvalue weighted by Gasteiger charge is 2.28. The predicted molar refractivity (Wildman–Crippen MR) is 78.3 cm³/mol. The summed E-state index contributed by atoms with van der Waals surface area (Å²) in [6.07, 6.45) is 6.70. The zero-order valence-corrected chi connectivity index (χ0v) is 13.7. The van der Waals surface area contributed by atoms with E-state index < -0.39 is 7.60 Å². The second kappa shape index (κ2) is 10.00. The van der Waals surface area contributed by atoms with E-state index in [1.165, 1.54) is 12.8 Å². The van der Waals surface area contributed by atoms with Crippen molar-refractivity contribution >= 4 is 7.60 Å². The van der Waals surface area contributed by atoms with Gasteiger partial charge in [0.05, 0.1) is 18.4 Å². The predicted octanol–water partition coefficient (Wildman–Crippen LogP) is 5.39. The van der Waals surface area contributed by atoms with Gasteiger partial charge in [-0.25, -0.2) is 0 Å². The molecular formula is C14H31O3P. The number of hydrogen-bond donors (Lipinski definition) is 0. The van der Waals surface area contributed by atoms with Crippen LogP contribution in [0.15, 0.2) is 0 Å². The molecule has 0 heterocycles. The topological polar surface area (TPSA) is 35.5 Å². The Hall–Kier alpha value is 0.150. The highest BCUT2D eigenvalue weighted by molar-refractivity contribution is 7.53. The van der Waals surface area contributed by atoms with Crippen LogP contribution in [0, 0.1) is 0 Å². The van der Waals surface area contributed by atoms with Crippen molar-refractivity contribution in [1.29, 1.82) is 0 Å². The van der Waals surface area contributed by atoms with Gasteiger partial charge in [-0.1, -0.05) is 40.0 Å². The molecule has 0 aliphatic carbocycles. The van der Waals surface area contributed by atoms with Crippen LogP contribution in [0.3, 0.4) is 0 Å². The van der Waals surface area contributed by atoms with Crippen LogP contribution >= 0.6 is 7.60 Å². The normalized spacial score (nSPS) is 18.3. The lowest BCUT2D eigenvalue weighted by Crippen LogP contribution is -2.13. The molecule has 0 saturated carbocycles. The summed E-state index contributed by atoms with van der Waals surface area (Å²) in [5.41, 5.74) is 0. The van der Waals surface area contributed by atoms with Gasteiger partial charge in [0.25, 0.3) is 0 Å². The number of rotatable bonds is 11. The third-order valence-corrected chi connectivity index (χ3v) is 5.34. The van der Waals surface area contributed by atoms with Gasteiger partial charge in [0.2, 0.25) is 0 Å². The van der Waals surface area contributed by atoms with Crippen LogP contribution in [0.1, 0.15) is 73.1 Å². The Balaban J connectivity index is 4.34. The van der Waals surface area contributed by atoms with Gasteiger partial charge in [-0.15, -0.1) is 0 Å². The second-order valence-electron chi connectivity index (χ2n) is 5.04. The van der Waals surface area contributed by atoms with Gasteiger partial charge in [-0.05, 0) is 33.1 Å². The average Bonchev–Trinajstić information content (AvgIpc) is 2.34. The van der Waals surface area contributed by atoms with Crippen molar-refractivity contribution in [1.82, 2.24) is 0 Å². The molecule has 0 aliphatic heterocycles. The van der Waals surface area contributed by atoms with Crippen LogP contribution in [0.4, 0.5) is 0 Å². The Morgan fingerprint density at radius 3 is 1.78 bits per heavy atom. The summed E-state index contributed by atoms with van der Waals surface area (Å²) in [6.45, 7) is 10.2. The molecule has 0 bridgehead atoms. The Bertz CT molecular complexity index is 227. The maximum absolute atomic E-state index is 12.7. The molecular weight excluding hydrogens is 247 g/mol. The lowest BCUT2D eigenvalue weighted by molar-refractivity contribution is 0.123. The third kappa shape index (κ3) is 8.29. The van der Waals surface area contributed by atoms with E-state index in [1.54, 1.807) is 0 Å². The third-order valence-electron chi connectivity index (χ3n) is 3.12. The molecule has 110 valence electrons. The fraction of sp³-hybridized carbons (Fsp3) is 1.00. The van der Waals surface area contributed by atoms with Crippen LogP contribution < -0.4 is 0 Å². The van der Waals surface area contributed by atoms with Gasteiger partial charge in [0, 0.05) is 0 Å². The molecule has 0 rings (SSSR count). The summed E-state index contributed by atoms with van der Waals surface area (Å²) in [4.78, 5) is 0. The van der Waals surface area contributed by atoms with E-state index in [0.717, 1.165) is 25.7 Å². The summed E-state index contributed by atoms with van der Waals surface area (Å²) in [5.74, 6) is 0. The fourth-order valence-electron chi connectivity index (χ4n) is 1.56. The molecule has 0 N–H and O–H groups in total. The fourth-order valence-corrected chi connectivity index (χ4v) is 3.83. The Morgan fingerprint density at radius 2 is 1.39 bits per heavy atom. The molecule has 4 heteroatoms. The van der Waals surface area contributed by atoms with Gasteiger partial charge < -0.3 is 9.05 Å². The van der Waals surface area contributed by atoms with Crippen molar-refractivity contribution in [2.24, 2.45) is 0 Å². The Morgan fingerprint density at radius 1 is 0.889 bits per heavy atom. The zero-order chi connectivity index (χ0) is 14.0. The minimum atomic E-state index is -2.90. The van der Waals surface area contributed by atoms with E-state index in [-0.39, 0.29) is 12.2 Å². The second-order valence-corrected chi connectivity index (χ2v) is 7.13. The lowest BCUT2D eigenvalue weighted by atomic mass is 10.2. The highest BCUT2D eigenvalue weighted by atomic mass is 31.2. The first-order valence-corrected chi connectivity index (χ1v) is 9.16. The van der Waals surface area contributed by atoms with Crippen molar-refractivity contribution in [2.45, 2.75) is 85.4 Å². The standard InChI is InChI=1S/C14H31O3P/c1-6-9-10-11-12-18(15,16-13(4)7-2)17-14(5)8-3/h13-14H,6-12H2,1-5H3. The number of unbranched alkanes of at least 4 members (excludes halogenated alkanes) is 3. The molecule has 18 heavy (non-hydrogen) atoms. The van der Waals surface area contributed by atoms with Crippen LogP contribution in [0.2, 0.25) is 0 Å². The molecule has 0 radical (unpaired) electrons. The molecule has 2 unspecified atom stereocenters. The van der Waals surface area contributed by atoms with Gasteiger partial charge >= 0.3 is 7.60 Å². The summed E-state index contributed by atoms with van der Waals surface area (Å²) in [5, 5.41) is 0. The van der Waals surface area contributed by atoms with Crippen molar-refractivity contribution in [3.63, 3.8) is 0 Å². The van der Waals surface area contributed by atoms with Crippen molar-refractivity contribution in [3.05, 3.63) is 0 Å². The first kappa shape index (κ1) is 18.1. The van der Waals surface area contributed by atoms with Crippen LogP contribution in [0.5, 0.6) is 0 Å². The molecule has 0 spiro atoms. The molecule has 0 aromatic heterocycles. The van der Waals surface area contributed by atoms with Gasteiger partial charge in [-0.3, -0.25) is 4.57 Å². The summed E-state index contributed by atoms with van der Waals surface area (Å²) in [6, 6.07) is 0. The molecule has 0 aromatic carbocycles. The van der Waals surface area contributed by atoms with Crippen molar-refractivity contribution < 1.29 is 13.6 Å². The van der Waals surface area contributed by atoms with Gasteiger partial charge in [-0.2, -0.15) is 0 Å². The van der Waals surface area contributed by atoms with Crippen LogP contribution in [0.25, 0.3) is 0 Å². The smallest absolute Gasteiger partial charge is 0.306 e. The SMILES string of the molecule is CCCCCCP(=O)(OC(C)CC)OC(C)CC. The van der Waals surface area contributed by atoms with Gasteiger partial charge in [0.15, 0.2) is 0 Å². The molecule has 0 saturated heterocycles. The summed E-state index contributed by atoms with van der Waals surface area (Å²) < 4.78 is 24.0. The zero-order valence-electron chi connectivity index (χ0n) is 12.8. The number of hydrogen-bond acceptors (Lipinski definition) is 3. The first-order chi connectivity index (χ1) is 8.47. The minimum Gasteiger partial charge on any atom is -0.306 e. The van der Waals surface area contributed by atoms with Crippen molar-refractivity contribution in [2.75, 3.05) is 6.16 Å². The lowest BCUT2D eigenvalue weighted by Gasteiger charge is -2.24.